The first kappa shape index (κ1) is 7.79. The van der Waals surface area contributed by atoms with Crippen LogP contribution < -0.4 is 11.3 Å². The maximum absolute atomic E-state index is 11.5. The Morgan fingerprint density at radius 2 is 2.23 bits per heavy atom. The van der Waals surface area contributed by atoms with E-state index in [-0.39, 0.29) is 11.2 Å². The SMILES string of the molecule is Cc1nc2ccccn2c(=O)c1N. The lowest BCUT2D eigenvalue weighted by molar-refractivity contribution is 1.02. The number of nitrogens with zero attached hydrogens (tertiary/aromatic N) is 2. The molecule has 4 heteroatoms. The van der Waals surface area contributed by atoms with Crippen LogP contribution in [0.1, 0.15) is 5.69 Å². The van der Waals surface area contributed by atoms with Crippen molar-refractivity contribution in [3.63, 3.8) is 0 Å². The van der Waals surface area contributed by atoms with Gasteiger partial charge in [0, 0.05) is 6.20 Å². The number of aryl methyl sites for hydroxylation is 1. The summed E-state index contributed by atoms with van der Waals surface area (Å²) in [5.41, 5.74) is 6.76. The van der Waals surface area contributed by atoms with Crippen molar-refractivity contribution in [1.29, 1.82) is 0 Å². The van der Waals surface area contributed by atoms with Crippen LogP contribution in [0.4, 0.5) is 5.69 Å². The first-order chi connectivity index (χ1) is 6.20. The summed E-state index contributed by atoms with van der Waals surface area (Å²) in [4.78, 5) is 15.7. The van der Waals surface area contributed by atoms with Gasteiger partial charge in [0.25, 0.3) is 5.56 Å². The number of nitrogens with two attached hydrogens (primary N) is 1. The summed E-state index contributed by atoms with van der Waals surface area (Å²) in [5.74, 6) is 0. The summed E-state index contributed by atoms with van der Waals surface area (Å²) < 4.78 is 1.43. The molecular formula is C9H9N3O. The minimum atomic E-state index is -0.205. The summed E-state index contributed by atoms with van der Waals surface area (Å²) in [6.45, 7) is 1.73. The molecule has 0 saturated heterocycles. The van der Waals surface area contributed by atoms with Crippen molar-refractivity contribution in [2.45, 2.75) is 6.92 Å². The molecule has 0 aliphatic rings. The highest BCUT2D eigenvalue weighted by molar-refractivity contribution is 5.48. The molecule has 0 atom stereocenters. The molecule has 0 radical (unpaired) electrons. The van der Waals surface area contributed by atoms with Gasteiger partial charge in [-0.3, -0.25) is 9.20 Å². The van der Waals surface area contributed by atoms with Gasteiger partial charge in [-0.25, -0.2) is 4.98 Å². The van der Waals surface area contributed by atoms with Crippen LogP contribution >= 0.6 is 0 Å². The molecule has 0 fully saturated rings. The van der Waals surface area contributed by atoms with E-state index in [9.17, 15) is 4.79 Å². The molecule has 0 unspecified atom stereocenters. The fourth-order valence-corrected chi connectivity index (χ4v) is 1.21. The molecule has 0 amide bonds. The second kappa shape index (κ2) is 2.58. The highest BCUT2D eigenvalue weighted by atomic mass is 16.1. The number of hydrogen-bond acceptors (Lipinski definition) is 3. The third kappa shape index (κ3) is 1.07. The standard InChI is InChI=1S/C9H9N3O/c1-6-8(10)9(13)12-5-3-2-4-7(12)11-6/h2-5H,10H2,1H3. The Hall–Kier alpha value is -1.84. The number of pyridine rings is 1. The Morgan fingerprint density at radius 1 is 1.46 bits per heavy atom. The number of hydrogen-bond donors (Lipinski definition) is 1. The van der Waals surface area contributed by atoms with E-state index in [2.05, 4.69) is 4.98 Å². The highest BCUT2D eigenvalue weighted by Gasteiger charge is 2.03. The van der Waals surface area contributed by atoms with Gasteiger partial charge >= 0.3 is 0 Å². The average molecular weight is 175 g/mol. The zero-order valence-corrected chi connectivity index (χ0v) is 7.19. The molecule has 2 aromatic rings. The summed E-state index contributed by atoms with van der Waals surface area (Å²) in [5, 5.41) is 0. The van der Waals surface area contributed by atoms with Gasteiger partial charge in [0.15, 0.2) is 0 Å². The van der Waals surface area contributed by atoms with Crippen LogP contribution in [0.25, 0.3) is 5.65 Å². The van der Waals surface area contributed by atoms with E-state index < -0.39 is 0 Å². The Kier molecular flexibility index (Phi) is 1.55. The van der Waals surface area contributed by atoms with Gasteiger partial charge in [-0.1, -0.05) is 6.07 Å². The van der Waals surface area contributed by atoms with Crippen molar-refractivity contribution >= 4 is 11.3 Å². The van der Waals surface area contributed by atoms with Crippen LogP contribution in [0.15, 0.2) is 29.2 Å². The fourth-order valence-electron chi connectivity index (χ4n) is 1.21. The molecule has 2 heterocycles. The number of aromatic nitrogens is 2. The largest absolute Gasteiger partial charge is 0.393 e. The number of fused-ring (bicyclic) bond motifs is 1. The molecule has 0 aliphatic carbocycles. The number of nitrogen functional groups attached to an aromatic ring is 1. The van der Waals surface area contributed by atoms with Crippen LogP contribution in [0.2, 0.25) is 0 Å². The van der Waals surface area contributed by atoms with E-state index in [1.54, 1.807) is 25.3 Å². The summed E-state index contributed by atoms with van der Waals surface area (Å²) in [6.07, 6.45) is 1.65. The minimum absolute atomic E-state index is 0.205. The smallest absolute Gasteiger partial charge is 0.281 e. The van der Waals surface area contributed by atoms with Gasteiger partial charge in [-0.15, -0.1) is 0 Å². The van der Waals surface area contributed by atoms with Gasteiger partial charge < -0.3 is 5.73 Å². The van der Waals surface area contributed by atoms with Crippen molar-refractivity contribution in [2.75, 3.05) is 5.73 Å². The zero-order chi connectivity index (χ0) is 9.42. The Bertz CT molecular complexity index is 516. The zero-order valence-electron chi connectivity index (χ0n) is 7.19. The molecule has 0 saturated carbocycles. The quantitative estimate of drug-likeness (QED) is 0.637. The number of anilines is 1. The first-order valence-electron chi connectivity index (χ1n) is 3.93. The van der Waals surface area contributed by atoms with E-state index in [0.717, 1.165) is 0 Å². The molecule has 0 aliphatic heterocycles. The lowest BCUT2D eigenvalue weighted by Gasteiger charge is -2.02. The van der Waals surface area contributed by atoms with Crippen molar-refractivity contribution in [3.05, 3.63) is 40.4 Å². The second-order valence-electron chi connectivity index (χ2n) is 2.84. The van der Waals surface area contributed by atoms with E-state index in [1.807, 2.05) is 6.07 Å². The Morgan fingerprint density at radius 3 is 3.00 bits per heavy atom. The highest BCUT2D eigenvalue weighted by Crippen LogP contribution is 2.03. The molecule has 13 heavy (non-hydrogen) atoms. The molecule has 0 aromatic carbocycles. The second-order valence-corrected chi connectivity index (χ2v) is 2.84. The third-order valence-electron chi connectivity index (χ3n) is 1.96. The topological polar surface area (TPSA) is 60.4 Å². The number of rotatable bonds is 0. The van der Waals surface area contributed by atoms with Crippen LogP contribution in [0.5, 0.6) is 0 Å². The molecule has 4 nitrogen and oxygen atoms in total. The first-order valence-corrected chi connectivity index (χ1v) is 3.93. The van der Waals surface area contributed by atoms with E-state index >= 15 is 0 Å². The van der Waals surface area contributed by atoms with Gasteiger partial charge in [0.1, 0.15) is 11.3 Å². The lowest BCUT2D eigenvalue weighted by Crippen LogP contribution is -2.19. The van der Waals surface area contributed by atoms with E-state index in [0.29, 0.717) is 11.3 Å². The Balaban J connectivity index is 3.03. The molecule has 66 valence electrons. The third-order valence-corrected chi connectivity index (χ3v) is 1.96. The summed E-state index contributed by atoms with van der Waals surface area (Å²) >= 11 is 0. The molecule has 2 N–H and O–H groups in total. The molecule has 0 spiro atoms. The lowest BCUT2D eigenvalue weighted by atomic mass is 10.3. The maximum atomic E-state index is 11.5. The van der Waals surface area contributed by atoms with Crippen molar-refractivity contribution < 1.29 is 0 Å². The predicted octanol–water partition coefficient (Wildman–Crippen LogP) is 0.585. The summed E-state index contributed by atoms with van der Waals surface area (Å²) in [7, 11) is 0. The Labute approximate surface area is 74.6 Å². The van der Waals surface area contributed by atoms with Crippen LogP contribution in [0, 0.1) is 6.92 Å². The molecule has 0 bridgehead atoms. The van der Waals surface area contributed by atoms with Gasteiger partial charge in [-0.2, -0.15) is 0 Å². The average Bonchev–Trinajstić information content (AvgIpc) is 2.15. The summed E-state index contributed by atoms with van der Waals surface area (Å²) in [6, 6.07) is 5.37. The fraction of sp³-hybridized carbons (Fsp3) is 0.111. The molecular weight excluding hydrogens is 166 g/mol. The minimum Gasteiger partial charge on any atom is -0.393 e. The van der Waals surface area contributed by atoms with Gasteiger partial charge in [-0.05, 0) is 19.1 Å². The molecule has 2 rings (SSSR count). The van der Waals surface area contributed by atoms with Crippen LogP contribution in [-0.2, 0) is 0 Å². The molecule has 2 aromatic heterocycles. The van der Waals surface area contributed by atoms with Gasteiger partial charge in [0.05, 0.1) is 5.69 Å². The van der Waals surface area contributed by atoms with E-state index in [4.69, 9.17) is 5.73 Å². The predicted molar refractivity (Wildman–Crippen MR) is 50.6 cm³/mol. The maximum Gasteiger partial charge on any atom is 0.281 e. The van der Waals surface area contributed by atoms with Crippen molar-refractivity contribution in [1.82, 2.24) is 9.38 Å². The van der Waals surface area contributed by atoms with Crippen LogP contribution in [-0.4, -0.2) is 9.38 Å². The van der Waals surface area contributed by atoms with Crippen molar-refractivity contribution in [3.8, 4) is 0 Å². The normalized spacial score (nSPS) is 10.5. The monoisotopic (exact) mass is 175 g/mol. The van der Waals surface area contributed by atoms with Crippen molar-refractivity contribution in [2.24, 2.45) is 0 Å². The van der Waals surface area contributed by atoms with Crippen LogP contribution in [0.3, 0.4) is 0 Å². The van der Waals surface area contributed by atoms with Gasteiger partial charge in [0.2, 0.25) is 0 Å². The van der Waals surface area contributed by atoms with E-state index in [1.165, 1.54) is 4.40 Å².